The van der Waals surface area contributed by atoms with Crippen molar-refractivity contribution in [2.24, 2.45) is 0 Å². The maximum absolute atomic E-state index is 11.7. The molecule has 0 aliphatic heterocycles. The van der Waals surface area contributed by atoms with Gasteiger partial charge in [0.05, 0.1) is 12.8 Å². The van der Waals surface area contributed by atoms with Crippen LogP contribution < -0.4 is 10.3 Å². The third kappa shape index (κ3) is 3.70. The number of nitrogens with zero attached hydrogens (tertiary/aromatic N) is 1. The lowest BCUT2D eigenvalue weighted by molar-refractivity contribution is -0.111. The van der Waals surface area contributed by atoms with E-state index >= 15 is 0 Å². The molecular weight excluding hydrogens is 292 g/mol. The summed E-state index contributed by atoms with van der Waals surface area (Å²) in [5.74, 6) is 0.666. The van der Waals surface area contributed by atoms with Crippen LogP contribution >= 0.6 is 11.6 Å². The van der Waals surface area contributed by atoms with Crippen molar-refractivity contribution in [3.05, 3.63) is 45.7 Å². The molecule has 1 N–H and O–H groups in total. The first kappa shape index (κ1) is 15.3. The number of aryl methyl sites for hydroxylation is 2. The first-order valence-electron chi connectivity index (χ1n) is 6.43. The lowest BCUT2D eigenvalue weighted by Gasteiger charge is -2.09. The number of rotatable bonds is 5. The molecule has 1 aromatic carbocycles. The lowest BCUT2D eigenvalue weighted by atomic mass is 10.0. The topological polar surface area (TPSA) is 72.1 Å². The Morgan fingerprint density at radius 3 is 2.81 bits per heavy atom. The van der Waals surface area contributed by atoms with E-state index in [1.165, 1.54) is 0 Å². The summed E-state index contributed by atoms with van der Waals surface area (Å²) in [5.41, 5.74) is 2.58. The number of carbonyl (C=O) groups is 1. The van der Waals surface area contributed by atoms with E-state index in [0.29, 0.717) is 17.0 Å². The number of aromatic amines is 1. The van der Waals surface area contributed by atoms with Gasteiger partial charge in [-0.25, -0.2) is 5.10 Å². The standard InChI is InChI=1S/C15H15ClN2O3/c1-9-3-5-13(21-2)11(7-9)12-8-10(4-6-14(16)19)15(20)18-17-12/h3,5,7-8H,4,6H2,1-2H3,(H,18,20). The van der Waals surface area contributed by atoms with Gasteiger partial charge in [-0.1, -0.05) is 11.6 Å². The second-order valence-electron chi connectivity index (χ2n) is 4.67. The monoisotopic (exact) mass is 306 g/mol. The molecule has 0 amide bonds. The molecule has 0 saturated carbocycles. The molecule has 0 fully saturated rings. The Morgan fingerprint density at radius 1 is 1.38 bits per heavy atom. The van der Waals surface area contributed by atoms with Crippen molar-refractivity contribution in [3.8, 4) is 17.0 Å². The maximum Gasteiger partial charge on any atom is 0.267 e. The van der Waals surface area contributed by atoms with Crippen LogP contribution in [0, 0.1) is 6.92 Å². The first-order chi connectivity index (χ1) is 10.0. The zero-order chi connectivity index (χ0) is 15.4. The van der Waals surface area contributed by atoms with Gasteiger partial charge in [0.2, 0.25) is 5.24 Å². The van der Waals surface area contributed by atoms with Crippen molar-refractivity contribution in [2.45, 2.75) is 19.8 Å². The molecule has 0 aliphatic rings. The summed E-state index contributed by atoms with van der Waals surface area (Å²) >= 11 is 5.32. The van der Waals surface area contributed by atoms with E-state index in [2.05, 4.69) is 10.2 Å². The molecule has 5 nitrogen and oxygen atoms in total. The van der Waals surface area contributed by atoms with Gasteiger partial charge in [-0.05, 0) is 43.1 Å². The van der Waals surface area contributed by atoms with Crippen LogP contribution in [-0.2, 0) is 11.2 Å². The van der Waals surface area contributed by atoms with Gasteiger partial charge in [-0.3, -0.25) is 9.59 Å². The Labute approximate surface area is 126 Å². The molecule has 2 rings (SSSR count). The Balaban J connectivity index is 2.45. The number of hydrogen-bond donors (Lipinski definition) is 1. The number of H-pyrrole nitrogens is 1. The summed E-state index contributed by atoms with van der Waals surface area (Å²) in [6, 6.07) is 7.37. The fourth-order valence-corrected chi connectivity index (χ4v) is 2.12. The Hall–Kier alpha value is -2.14. The summed E-state index contributed by atoms with van der Waals surface area (Å²) in [5, 5.41) is 6.03. The van der Waals surface area contributed by atoms with Crippen LogP contribution in [-0.4, -0.2) is 22.5 Å². The minimum Gasteiger partial charge on any atom is -0.496 e. The van der Waals surface area contributed by atoms with E-state index in [-0.39, 0.29) is 18.4 Å². The normalized spacial score (nSPS) is 10.4. The predicted molar refractivity (Wildman–Crippen MR) is 80.8 cm³/mol. The van der Waals surface area contributed by atoms with E-state index < -0.39 is 5.24 Å². The molecule has 0 spiro atoms. The molecule has 0 saturated heterocycles. The maximum atomic E-state index is 11.7. The summed E-state index contributed by atoms with van der Waals surface area (Å²) < 4.78 is 5.32. The fourth-order valence-electron chi connectivity index (χ4n) is 2.02. The minimum atomic E-state index is -0.471. The van der Waals surface area contributed by atoms with Crippen molar-refractivity contribution in [1.82, 2.24) is 10.2 Å². The largest absolute Gasteiger partial charge is 0.496 e. The number of nitrogens with one attached hydrogen (secondary N) is 1. The van der Waals surface area contributed by atoms with Crippen LogP contribution in [0.1, 0.15) is 17.5 Å². The number of aromatic nitrogens is 2. The summed E-state index contributed by atoms with van der Waals surface area (Å²) in [7, 11) is 1.58. The van der Waals surface area contributed by atoms with Gasteiger partial charge in [-0.15, -0.1) is 0 Å². The highest BCUT2D eigenvalue weighted by molar-refractivity contribution is 6.63. The SMILES string of the molecule is COc1ccc(C)cc1-c1cc(CCC(=O)Cl)c(=O)[nH]n1. The molecule has 0 atom stereocenters. The van der Waals surface area contributed by atoms with E-state index in [4.69, 9.17) is 16.3 Å². The van der Waals surface area contributed by atoms with Crippen LogP contribution in [0.25, 0.3) is 11.3 Å². The van der Waals surface area contributed by atoms with Crippen LogP contribution in [0.2, 0.25) is 0 Å². The van der Waals surface area contributed by atoms with Crippen molar-refractivity contribution in [3.63, 3.8) is 0 Å². The van der Waals surface area contributed by atoms with Gasteiger partial charge >= 0.3 is 0 Å². The lowest BCUT2D eigenvalue weighted by Crippen LogP contribution is -2.15. The second kappa shape index (κ2) is 6.54. The van der Waals surface area contributed by atoms with Crippen LogP contribution in [0.3, 0.4) is 0 Å². The van der Waals surface area contributed by atoms with Gasteiger partial charge in [-0.2, -0.15) is 5.10 Å². The smallest absolute Gasteiger partial charge is 0.267 e. The molecule has 0 bridgehead atoms. The van der Waals surface area contributed by atoms with Gasteiger partial charge in [0.25, 0.3) is 5.56 Å². The third-order valence-corrected chi connectivity index (χ3v) is 3.29. The molecule has 110 valence electrons. The van der Waals surface area contributed by atoms with Crippen molar-refractivity contribution >= 4 is 16.8 Å². The summed E-state index contributed by atoms with van der Waals surface area (Å²) in [4.78, 5) is 22.6. The molecule has 1 aromatic heterocycles. The fraction of sp³-hybridized carbons (Fsp3) is 0.267. The molecule has 0 unspecified atom stereocenters. The number of benzene rings is 1. The number of ether oxygens (including phenoxy) is 1. The highest BCUT2D eigenvalue weighted by Crippen LogP contribution is 2.29. The number of halogens is 1. The molecule has 2 aromatic rings. The first-order valence-corrected chi connectivity index (χ1v) is 6.81. The van der Waals surface area contributed by atoms with Crippen LogP contribution in [0.15, 0.2) is 29.1 Å². The molecule has 6 heteroatoms. The minimum absolute atomic E-state index is 0.110. The molecule has 0 radical (unpaired) electrons. The Morgan fingerprint density at radius 2 is 2.14 bits per heavy atom. The third-order valence-electron chi connectivity index (χ3n) is 3.10. The number of carbonyl (C=O) groups excluding carboxylic acids is 1. The van der Waals surface area contributed by atoms with E-state index in [0.717, 1.165) is 11.1 Å². The molecule has 1 heterocycles. The number of methoxy groups -OCH3 is 1. The van der Waals surface area contributed by atoms with Gasteiger partial charge < -0.3 is 4.74 Å². The van der Waals surface area contributed by atoms with Crippen molar-refractivity contribution in [1.29, 1.82) is 0 Å². The van der Waals surface area contributed by atoms with Gasteiger partial charge in [0.15, 0.2) is 0 Å². The van der Waals surface area contributed by atoms with E-state index in [1.807, 2.05) is 25.1 Å². The average molecular weight is 307 g/mol. The molecule has 21 heavy (non-hydrogen) atoms. The Kier molecular flexibility index (Phi) is 4.75. The summed E-state index contributed by atoms with van der Waals surface area (Å²) in [6.45, 7) is 1.96. The van der Waals surface area contributed by atoms with Gasteiger partial charge in [0.1, 0.15) is 5.75 Å². The Bertz CT molecular complexity index is 725. The van der Waals surface area contributed by atoms with E-state index in [9.17, 15) is 9.59 Å². The van der Waals surface area contributed by atoms with Crippen LogP contribution in [0.4, 0.5) is 0 Å². The van der Waals surface area contributed by atoms with Crippen molar-refractivity contribution < 1.29 is 9.53 Å². The molecular formula is C15H15ClN2O3. The molecule has 0 aliphatic carbocycles. The highest BCUT2D eigenvalue weighted by Gasteiger charge is 2.11. The summed E-state index contributed by atoms with van der Waals surface area (Å²) in [6.07, 6.45) is 0.389. The quantitative estimate of drug-likeness (QED) is 0.861. The highest BCUT2D eigenvalue weighted by atomic mass is 35.5. The van der Waals surface area contributed by atoms with Crippen molar-refractivity contribution in [2.75, 3.05) is 7.11 Å². The zero-order valence-electron chi connectivity index (χ0n) is 11.8. The van der Waals surface area contributed by atoms with Gasteiger partial charge in [0, 0.05) is 17.5 Å². The van der Waals surface area contributed by atoms with E-state index in [1.54, 1.807) is 13.2 Å². The van der Waals surface area contributed by atoms with Crippen LogP contribution in [0.5, 0.6) is 5.75 Å². The predicted octanol–water partition coefficient (Wildman–Crippen LogP) is 2.45. The average Bonchev–Trinajstić information content (AvgIpc) is 2.46. The number of hydrogen-bond acceptors (Lipinski definition) is 4. The zero-order valence-corrected chi connectivity index (χ0v) is 12.5. The second-order valence-corrected chi connectivity index (χ2v) is 5.09.